The van der Waals surface area contributed by atoms with Crippen molar-refractivity contribution in [3.05, 3.63) is 29.8 Å². The molecule has 20 heavy (non-hydrogen) atoms. The van der Waals surface area contributed by atoms with Crippen LogP contribution in [0.2, 0.25) is 0 Å². The van der Waals surface area contributed by atoms with Gasteiger partial charge in [0.1, 0.15) is 5.75 Å². The van der Waals surface area contributed by atoms with Crippen LogP contribution in [0, 0.1) is 18.8 Å². The molecule has 1 aliphatic carbocycles. The number of nitrogens with one attached hydrogen (secondary N) is 1. The lowest BCUT2D eigenvalue weighted by Gasteiger charge is -2.34. The van der Waals surface area contributed by atoms with Gasteiger partial charge in [0.15, 0.2) is 6.61 Å². The Morgan fingerprint density at radius 2 is 2.05 bits per heavy atom. The van der Waals surface area contributed by atoms with Gasteiger partial charge in [-0.15, -0.1) is 0 Å². The zero-order valence-corrected chi connectivity index (χ0v) is 12.7. The van der Waals surface area contributed by atoms with E-state index in [1.165, 1.54) is 12.8 Å². The average Bonchev–Trinajstić information content (AvgIpc) is 2.43. The number of ether oxygens (including phenoxy) is 1. The molecular formula is C17H25NO2. The summed E-state index contributed by atoms with van der Waals surface area (Å²) in [6.45, 7) is 6.59. The van der Waals surface area contributed by atoms with Crippen LogP contribution in [0.25, 0.3) is 0 Å². The van der Waals surface area contributed by atoms with Crippen LogP contribution < -0.4 is 10.1 Å². The van der Waals surface area contributed by atoms with Crippen molar-refractivity contribution in [2.45, 2.75) is 46.1 Å². The fraction of sp³-hybridized carbons (Fsp3) is 0.588. The van der Waals surface area contributed by atoms with Crippen molar-refractivity contribution in [1.82, 2.24) is 5.32 Å². The Bertz CT molecular complexity index is 458. The molecule has 0 aliphatic heterocycles. The molecular weight excluding hydrogens is 250 g/mol. The van der Waals surface area contributed by atoms with Crippen LogP contribution in [-0.4, -0.2) is 18.6 Å². The number of carbonyl (C=O) groups excluding carboxylic acids is 1. The molecule has 0 aromatic heterocycles. The predicted octanol–water partition coefficient (Wildman–Crippen LogP) is 3.31. The largest absolute Gasteiger partial charge is 0.484 e. The highest BCUT2D eigenvalue weighted by molar-refractivity contribution is 5.77. The van der Waals surface area contributed by atoms with Crippen molar-refractivity contribution >= 4 is 5.91 Å². The zero-order chi connectivity index (χ0) is 14.5. The Labute approximate surface area is 121 Å². The molecule has 3 nitrogen and oxygen atoms in total. The van der Waals surface area contributed by atoms with Crippen molar-refractivity contribution < 1.29 is 9.53 Å². The number of hydrogen-bond donors (Lipinski definition) is 1. The van der Waals surface area contributed by atoms with Gasteiger partial charge in [-0.25, -0.2) is 0 Å². The molecule has 1 aliphatic rings. The highest BCUT2D eigenvalue weighted by Gasteiger charge is 2.28. The maximum absolute atomic E-state index is 12.0. The highest BCUT2D eigenvalue weighted by Crippen LogP contribution is 2.29. The van der Waals surface area contributed by atoms with Gasteiger partial charge >= 0.3 is 0 Å². The molecule has 0 saturated heterocycles. The lowest BCUT2D eigenvalue weighted by Crippen LogP contribution is -2.45. The van der Waals surface area contributed by atoms with E-state index >= 15 is 0 Å². The molecule has 1 aromatic rings. The molecule has 2 rings (SSSR count). The first-order valence-corrected chi connectivity index (χ1v) is 7.55. The summed E-state index contributed by atoms with van der Waals surface area (Å²) in [5.74, 6) is 2.00. The van der Waals surface area contributed by atoms with Crippen LogP contribution >= 0.6 is 0 Å². The van der Waals surface area contributed by atoms with Crippen LogP contribution in [0.15, 0.2) is 24.3 Å². The highest BCUT2D eigenvalue weighted by atomic mass is 16.5. The number of rotatable bonds is 4. The average molecular weight is 275 g/mol. The van der Waals surface area contributed by atoms with Gasteiger partial charge in [-0.2, -0.15) is 0 Å². The van der Waals surface area contributed by atoms with Crippen LogP contribution in [0.5, 0.6) is 5.75 Å². The molecule has 0 heterocycles. The monoisotopic (exact) mass is 275 g/mol. The molecule has 3 unspecified atom stereocenters. The molecule has 1 fully saturated rings. The number of carbonyl (C=O) groups is 1. The van der Waals surface area contributed by atoms with Crippen LogP contribution in [0.1, 0.15) is 38.7 Å². The van der Waals surface area contributed by atoms with E-state index in [0.29, 0.717) is 17.9 Å². The molecule has 0 radical (unpaired) electrons. The van der Waals surface area contributed by atoms with Crippen molar-refractivity contribution in [3.8, 4) is 5.75 Å². The fourth-order valence-electron chi connectivity index (χ4n) is 2.90. The van der Waals surface area contributed by atoms with Crippen molar-refractivity contribution in [1.29, 1.82) is 0 Å². The quantitative estimate of drug-likeness (QED) is 0.915. The minimum Gasteiger partial charge on any atom is -0.484 e. The lowest BCUT2D eigenvalue weighted by atomic mass is 9.78. The van der Waals surface area contributed by atoms with Gasteiger partial charge in [-0.1, -0.05) is 44.9 Å². The van der Waals surface area contributed by atoms with Gasteiger partial charge in [0.2, 0.25) is 0 Å². The van der Waals surface area contributed by atoms with E-state index in [0.717, 1.165) is 17.7 Å². The van der Waals surface area contributed by atoms with Gasteiger partial charge in [-0.05, 0) is 36.8 Å². The molecule has 1 aromatic carbocycles. The topological polar surface area (TPSA) is 38.3 Å². The Hall–Kier alpha value is -1.51. The summed E-state index contributed by atoms with van der Waals surface area (Å²) in [5, 5.41) is 3.12. The van der Waals surface area contributed by atoms with Gasteiger partial charge in [0.25, 0.3) is 5.91 Å². The summed E-state index contributed by atoms with van der Waals surface area (Å²) in [4.78, 5) is 12.0. The van der Waals surface area contributed by atoms with E-state index in [2.05, 4.69) is 19.2 Å². The van der Waals surface area contributed by atoms with Crippen molar-refractivity contribution in [3.63, 3.8) is 0 Å². The van der Waals surface area contributed by atoms with E-state index < -0.39 is 0 Å². The molecule has 1 saturated carbocycles. The van der Waals surface area contributed by atoms with Crippen LogP contribution in [0.3, 0.4) is 0 Å². The van der Waals surface area contributed by atoms with Crippen LogP contribution in [-0.2, 0) is 4.79 Å². The van der Waals surface area contributed by atoms with Crippen LogP contribution in [0.4, 0.5) is 0 Å². The summed E-state index contributed by atoms with van der Waals surface area (Å²) < 4.78 is 5.59. The first-order chi connectivity index (χ1) is 9.58. The van der Waals surface area contributed by atoms with E-state index in [9.17, 15) is 4.79 Å². The first kappa shape index (κ1) is 14.9. The van der Waals surface area contributed by atoms with Gasteiger partial charge in [-0.3, -0.25) is 4.79 Å². The Morgan fingerprint density at radius 1 is 1.30 bits per heavy atom. The smallest absolute Gasteiger partial charge is 0.258 e. The number of para-hydroxylation sites is 1. The molecule has 0 spiro atoms. The zero-order valence-electron chi connectivity index (χ0n) is 12.7. The third-order valence-electron chi connectivity index (χ3n) is 4.51. The summed E-state index contributed by atoms with van der Waals surface area (Å²) in [7, 11) is 0. The van der Waals surface area contributed by atoms with Crippen molar-refractivity contribution in [2.24, 2.45) is 11.8 Å². The second kappa shape index (κ2) is 6.78. The molecule has 1 amide bonds. The van der Waals surface area contributed by atoms with Gasteiger partial charge in [0, 0.05) is 6.04 Å². The van der Waals surface area contributed by atoms with E-state index in [1.807, 2.05) is 31.2 Å². The second-order valence-electron chi connectivity index (χ2n) is 6.00. The normalized spacial score (nSPS) is 26.1. The lowest BCUT2D eigenvalue weighted by molar-refractivity contribution is -0.124. The molecule has 1 N–H and O–H groups in total. The van der Waals surface area contributed by atoms with Crippen molar-refractivity contribution in [2.75, 3.05) is 6.61 Å². The minimum atomic E-state index is -0.0146. The maximum atomic E-state index is 12.0. The summed E-state index contributed by atoms with van der Waals surface area (Å²) in [6.07, 6.45) is 3.56. The number of amides is 1. The molecule has 0 bridgehead atoms. The first-order valence-electron chi connectivity index (χ1n) is 7.55. The molecule has 3 atom stereocenters. The van der Waals surface area contributed by atoms with Gasteiger partial charge in [0.05, 0.1) is 0 Å². The Morgan fingerprint density at radius 3 is 2.80 bits per heavy atom. The predicted molar refractivity (Wildman–Crippen MR) is 80.8 cm³/mol. The third kappa shape index (κ3) is 3.75. The molecule has 110 valence electrons. The van der Waals surface area contributed by atoms with E-state index in [-0.39, 0.29) is 12.5 Å². The summed E-state index contributed by atoms with van der Waals surface area (Å²) in [5.41, 5.74) is 1.06. The fourth-order valence-corrected chi connectivity index (χ4v) is 2.90. The Kier molecular flexibility index (Phi) is 5.05. The maximum Gasteiger partial charge on any atom is 0.258 e. The SMILES string of the molecule is Cc1ccccc1OCC(=O)NC1CCCC(C)C1C. The minimum absolute atomic E-state index is 0.0146. The number of aryl methyl sites for hydroxylation is 1. The third-order valence-corrected chi connectivity index (χ3v) is 4.51. The van der Waals surface area contributed by atoms with Gasteiger partial charge < -0.3 is 10.1 Å². The summed E-state index contributed by atoms with van der Waals surface area (Å²) >= 11 is 0. The standard InChI is InChI=1S/C17H25NO2/c1-12-8-6-9-15(14(12)3)18-17(19)11-20-16-10-5-4-7-13(16)2/h4-5,7,10,12,14-15H,6,8-9,11H2,1-3H3,(H,18,19). The van der Waals surface area contributed by atoms with E-state index in [4.69, 9.17) is 4.74 Å². The number of benzene rings is 1. The second-order valence-corrected chi connectivity index (χ2v) is 6.00. The molecule has 3 heteroatoms. The summed E-state index contributed by atoms with van der Waals surface area (Å²) in [6, 6.07) is 8.07. The van der Waals surface area contributed by atoms with E-state index in [1.54, 1.807) is 0 Å². The Balaban J connectivity index is 1.82. The number of hydrogen-bond acceptors (Lipinski definition) is 2.